The fraction of sp³-hybridized carbons (Fsp3) is 0.111. The first-order chi connectivity index (χ1) is 12.6. The van der Waals surface area contributed by atoms with Crippen LogP contribution in [0.4, 0.5) is 4.39 Å². The monoisotopic (exact) mass is 369 g/mol. The fourth-order valence-electron chi connectivity index (χ4n) is 2.70. The predicted octanol–water partition coefficient (Wildman–Crippen LogP) is 2.88. The summed E-state index contributed by atoms with van der Waals surface area (Å²) in [6, 6.07) is 13.7. The molecule has 0 radical (unpaired) electrons. The van der Waals surface area contributed by atoms with E-state index in [2.05, 4.69) is 15.3 Å². The molecule has 0 aliphatic carbocycles. The first-order valence-corrected chi connectivity index (χ1v) is 8.27. The van der Waals surface area contributed by atoms with Gasteiger partial charge in [-0.2, -0.15) is 0 Å². The molecule has 2 aromatic heterocycles. The first-order valence-electron chi connectivity index (χ1n) is 7.89. The van der Waals surface area contributed by atoms with Crippen molar-refractivity contribution in [3.63, 3.8) is 0 Å². The van der Waals surface area contributed by atoms with Gasteiger partial charge in [0.1, 0.15) is 12.1 Å². The normalized spacial score (nSPS) is 11.2. The van der Waals surface area contributed by atoms with E-state index in [-0.39, 0.29) is 30.0 Å². The van der Waals surface area contributed by atoms with Gasteiger partial charge in [0.05, 0.1) is 13.1 Å². The second-order valence-electron chi connectivity index (χ2n) is 5.78. The van der Waals surface area contributed by atoms with Gasteiger partial charge in [0, 0.05) is 10.6 Å². The number of hydrogen-bond donors (Lipinski definition) is 0. The molecule has 8 heteroatoms. The third-order valence-electron chi connectivity index (χ3n) is 4.07. The Bertz CT molecular complexity index is 1150. The molecule has 0 fully saturated rings. The maximum atomic E-state index is 13.8. The van der Waals surface area contributed by atoms with Crippen LogP contribution in [0.15, 0.2) is 59.7 Å². The lowest BCUT2D eigenvalue weighted by Gasteiger charge is -2.07. The number of nitrogens with zero attached hydrogens (tertiary/aromatic N) is 5. The highest BCUT2D eigenvalue weighted by atomic mass is 35.5. The Kier molecular flexibility index (Phi) is 4.22. The lowest BCUT2D eigenvalue weighted by atomic mass is 10.2. The molecule has 2 heterocycles. The van der Waals surface area contributed by atoms with Crippen molar-refractivity contribution in [2.24, 2.45) is 0 Å². The van der Waals surface area contributed by atoms with E-state index < -0.39 is 0 Å². The average molecular weight is 370 g/mol. The zero-order chi connectivity index (χ0) is 18.1. The van der Waals surface area contributed by atoms with Gasteiger partial charge in [-0.15, -0.1) is 5.10 Å². The SMILES string of the molecule is O=c1c2nnn(Cc3ccccc3F)c2ncn1Cc1ccccc1Cl. The summed E-state index contributed by atoms with van der Waals surface area (Å²) in [5, 5.41) is 8.46. The molecule has 4 aromatic rings. The zero-order valence-corrected chi connectivity index (χ0v) is 14.3. The molecule has 0 N–H and O–H groups in total. The second-order valence-corrected chi connectivity index (χ2v) is 6.19. The summed E-state index contributed by atoms with van der Waals surface area (Å²) >= 11 is 6.15. The summed E-state index contributed by atoms with van der Waals surface area (Å²) in [6.45, 7) is 0.422. The van der Waals surface area contributed by atoms with Crippen molar-refractivity contribution in [2.45, 2.75) is 13.1 Å². The molecule has 0 saturated carbocycles. The molecule has 0 aliphatic heterocycles. The zero-order valence-electron chi connectivity index (χ0n) is 13.5. The summed E-state index contributed by atoms with van der Waals surface area (Å²) < 4.78 is 16.7. The summed E-state index contributed by atoms with van der Waals surface area (Å²) in [5.74, 6) is -0.344. The highest BCUT2D eigenvalue weighted by Gasteiger charge is 2.14. The minimum absolute atomic E-state index is 0.135. The molecule has 0 saturated heterocycles. The van der Waals surface area contributed by atoms with Gasteiger partial charge in [-0.05, 0) is 17.7 Å². The van der Waals surface area contributed by atoms with Crippen LogP contribution in [0.25, 0.3) is 11.2 Å². The van der Waals surface area contributed by atoms with Crippen molar-refractivity contribution in [2.75, 3.05) is 0 Å². The van der Waals surface area contributed by atoms with Crippen molar-refractivity contribution < 1.29 is 4.39 Å². The molecule has 0 atom stereocenters. The fourth-order valence-corrected chi connectivity index (χ4v) is 2.90. The Labute approximate surface area is 152 Å². The van der Waals surface area contributed by atoms with Crippen LogP contribution in [0.1, 0.15) is 11.1 Å². The molecule has 0 aliphatic rings. The second kappa shape index (κ2) is 6.68. The van der Waals surface area contributed by atoms with E-state index in [1.54, 1.807) is 24.3 Å². The van der Waals surface area contributed by atoms with Gasteiger partial charge in [0.15, 0.2) is 11.2 Å². The molecule has 0 amide bonds. The average Bonchev–Trinajstić information content (AvgIpc) is 3.05. The van der Waals surface area contributed by atoms with E-state index in [0.717, 1.165) is 5.56 Å². The lowest BCUT2D eigenvalue weighted by Crippen LogP contribution is -2.21. The van der Waals surface area contributed by atoms with Crippen molar-refractivity contribution in [1.29, 1.82) is 0 Å². The molecular weight excluding hydrogens is 357 g/mol. The molecule has 0 bridgehead atoms. The van der Waals surface area contributed by atoms with Crippen LogP contribution in [0, 0.1) is 5.82 Å². The smallest absolute Gasteiger partial charge is 0.283 e. The Morgan fingerprint density at radius 3 is 2.50 bits per heavy atom. The third kappa shape index (κ3) is 2.97. The quantitative estimate of drug-likeness (QED) is 0.555. The summed E-state index contributed by atoms with van der Waals surface area (Å²) in [6.07, 6.45) is 1.43. The van der Waals surface area contributed by atoms with Crippen molar-refractivity contribution in [1.82, 2.24) is 24.5 Å². The van der Waals surface area contributed by atoms with Crippen LogP contribution in [-0.2, 0) is 13.1 Å². The van der Waals surface area contributed by atoms with Crippen LogP contribution >= 0.6 is 11.6 Å². The van der Waals surface area contributed by atoms with Gasteiger partial charge in [-0.25, -0.2) is 14.1 Å². The van der Waals surface area contributed by atoms with Gasteiger partial charge in [0.2, 0.25) is 0 Å². The molecule has 6 nitrogen and oxygen atoms in total. The highest BCUT2D eigenvalue weighted by Crippen LogP contribution is 2.16. The summed E-state index contributed by atoms with van der Waals surface area (Å²) in [4.78, 5) is 17.0. The predicted molar refractivity (Wildman–Crippen MR) is 95.6 cm³/mol. The number of aromatic nitrogens is 5. The molecule has 0 spiro atoms. The molecule has 130 valence electrons. The van der Waals surface area contributed by atoms with Crippen molar-refractivity contribution in [3.8, 4) is 0 Å². The molecule has 26 heavy (non-hydrogen) atoms. The van der Waals surface area contributed by atoms with Crippen molar-refractivity contribution >= 4 is 22.8 Å². The number of fused-ring (bicyclic) bond motifs is 1. The molecule has 2 aromatic carbocycles. The van der Waals surface area contributed by atoms with Gasteiger partial charge >= 0.3 is 0 Å². The topological polar surface area (TPSA) is 65.6 Å². The summed E-state index contributed by atoms with van der Waals surface area (Å²) in [5.41, 5.74) is 1.37. The molecular formula is C18H13ClFN5O. The maximum absolute atomic E-state index is 13.8. The van der Waals surface area contributed by atoms with Gasteiger partial charge in [0.25, 0.3) is 5.56 Å². The van der Waals surface area contributed by atoms with Crippen LogP contribution in [0.5, 0.6) is 0 Å². The largest absolute Gasteiger partial charge is 0.293 e. The van der Waals surface area contributed by atoms with Crippen molar-refractivity contribution in [3.05, 3.63) is 87.2 Å². The third-order valence-corrected chi connectivity index (χ3v) is 4.44. The minimum atomic E-state index is -0.344. The number of halogens is 2. The van der Waals surface area contributed by atoms with E-state index >= 15 is 0 Å². The van der Waals surface area contributed by atoms with Crippen LogP contribution in [0.3, 0.4) is 0 Å². The molecule has 0 unspecified atom stereocenters. The number of hydrogen-bond acceptors (Lipinski definition) is 4. The van der Waals surface area contributed by atoms with E-state index in [1.807, 2.05) is 18.2 Å². The van der Waals surface area contributed by atoms with E-state index in [4.69, 9.17) is 11.6 Å². The van der Waals surface area contributed by atoms with Gasteiger partial charge in [-0.1, -0.05) is 53.2 Å². The Hall–Kier alpha value is -3.06. The number of rotatable bonds is 4. The minimum Gasteiger partial charge on any atom is -0.293 e. The standard InChI is InChI=1S/C18H13ClFN5O/c19-14-7-3-1-5-12(14)9-24-11-21-17-16(18(24)26)22-23-25(17)10-13-6-2-4-8-15(13)20/h1-8,11H,9-10H2. The first kappa shape index (κ1) is 16.4. The van der Waals surface area contributed by atoms with Crippen LogP contribution < -0.4 is 5.56 Å². The Morgan fingerprint density at radius 1 is 1.00 bits per heavy atom. The van der Waals surface area contributed by atoms with Crippen LogP contribution in [-0.4, -0.2) is 24.5 Å². The Morgan fingerprint density at radius 2 is 1.73 bits per heavy atom. The van der Waals surface area contributed by atoms with Gasteiger partial charge < -0.3 is 0 Å². The van der Waals surface area contributed by atoms with E-state index in [9.17, 15) is 9.18 Å². The maximum Gasteiger partial charge on any atom is 0.283 e. The molecule has 4 rings (SSSR count). The van der Waals surface area contributed by atoms with E-state index in [1.165, 1.54) is 21.6 Å². The Balaban J connectivity index is 1.71. The highest BCUT2D eigenvalue weighted by molar-refractivity contribution is 6.31. The van der Waals surface area contributed by atoms with E-state index in [0.29, 0.717) is 16.2 Å². The van der Waals surface area contributed by atoms with Gasteiger partial charge in [-0.3, -0.25) is 9.36 Å². The lowest BCUT2D eigenvalue weighted by molar-refractivity contribution is 0.582. The van der Waals surface area contributed by atoms with Crippen LogP contribution in [0.2, 0.25) is 5.02 Å². The summed E-state index contributed by atoms with van der Waals surface area (Å²) in [7, 11) is 0. The number of benzene rings is 2.